The van der Waals surface area contributed by atoms with E-state index in [2.05, 4.69) is 15.6 Å². The third kappa shape index (κ3) is 4.00. The van der Waals surface area contributed by atoms with Gasteiger partial charge in [-0.2, -0.15) is 0 Å². The molecule has 0 saturated carbocycles. The van der Waals surface area contributed by atoms with Gasteiger partial charge in [-0.15, -0.1) is 24.8 Å². The second kappa shape index (κ2) is 7.01. The van der Waals surface area contributed by atoms with Gasteiger partial charge in [-0.05, 0) is 12.1 Å². The molecule has 8 heteroatoms. The van der Waals surface area contributed by atoms with Gasteiger partial charge in [0.25, 0.3) is 0 Å². The number of guanidine groups is 1. The van der Waals surface area contributed by atoms with Gasteiger partial charge >= 0.3 is 0 Å². The summed E-state index contributed by atoms with van der Waals surface area (Å²) in [6.45, 7) is 1.58. The minimum absolute atomic E-state index is 0. The number of nitrogens with zero attached hydrogens (tertiary/aromatic N) is 1. The number of hydrogen-bond acceptors (Lipinski definition) is 4. The van der Waals surface area contributed by atoms with Crippen molar-refractivity contribution in [2.24, 2.45) is 4.99 Å². The van der Waals surface area contributed by atoms with Crippen molar-refractivity contribution in [3.05, 3.63) is 22.2 Å². The van der Waals surface area contributed by atoms with E-state index in [0.29, 0.717) is 27.4 Å². The highest BCUT2D eigenvalue weighted by Crippen LogP contribution is 2.32. The van der Waals surface area contributed by atoms with Crippen molar-refractivity contribution in [2.45, 2.75) is 0 Å². The Bertz CT molecular complexity index is 398. The molecule has 0 unspecified atom stereocenters. The predicted molar refractivity (Wildman–Crippen MR) is 79.3 cm³/mol. The number of nitrogens with one attached hydrogen (secondary N) is 2. The van der Waals surface area contributed by atoms with Crippen LogP contribution >= 0.6 is 48.0 Å². The molecular formula is C9H12Cl4N4. The summed E-state index contributed by atoms with van der Waals surface area (Å²) in [6.07, 6.45) is 0. The first kappa shape index (κ1) is 16.4. The zero-order valence-electron chi connectivity index (χ0n) is 8.67. The maximum Gasteiger partial charge on any atom is 0.196 e. The summed E-state index contributed by atoms with van der Waals surface area (Å²) in [5.74, 6) is 0.684. The fourth-order valence-corrected chi connectivity index (χ4v) is 1.91. The molecule has 0 aromatic heterocycles. The molecule has 4 nitrogen and oxygen atoms in total. The van der Waals surface area contributed by atoms with E-state index < -0.39 is 0 Å². The third-order valence-corrected chi connectivity index (χ3v) is 2.58. The molecule has 0 fully saturated rings. The Labute approximate surface area is 122 Å². The number of nitrogens with two attached hydrogens (primary N) is 1. The van der Waals surface area contributed by atoms with Crippen molar-refractivity contribution < 1.29 is 0 Å². The van der Waals surface area contributed by atoms with Gasteiger partial charge in [0.15, 0.2) is 5.96 Å². The Morgan fingerprint density at radius 1 is 1.24 bits per heavy atom. The lowest BCUT2D eigenvalue weighted by atomic mass is 10.3. The van der Waals surface area contributed by atoms with E-state index in [-0.39, 0.29) is 24.8 Å². The first-order chi connectivity index (χ1) is 7.16. The highest BCUT2D eigenvalue weighted by Gasteiger charge is 2.11. The molecule has 0 amide bonds. The second-order valence-corrected chi connectivity index (χ2v) is 3.96. The molecule has 4 N–H and O–H groups in total. The van der Waals surface area contributed by atoms with Gasteiger partial charge in [0.2, 0.25) is 0 Å². The fourth-order valence-electron chi connectivity index (χ4n) is 1.31. The third-order valence-electron chi connectivity index (χ3n) is 1.98. The van der Waals surface area contributed by atoms with Gasteiger partial charge < -0.3 is 16.4 Å². The van der Waals surface area contributed by atoms with Gasteiger partial charge in [-0.1, -0.05) is 23.2 Å². The minimum Gasteiger partial charge on any atom is -0.399 e. The molecule has 1 aliphatic heterocycles. The SMILES string of the molecule is Cl.Cl.Nc1cc(Cl)c(NC2=NCCN2)c(Cl)c1. The number of hydrogen-bond donors (Lipinski definition) is 3. The molecule has 0 saturated heterocycles. The van der Waals surface area contributed by atoms with E-state index in [9.17, 15) is 0 Å². The molecule has 0 spiro atoms. The summed E-state index contributed by atoms with van der Waals surface area (Å²) in [5.41, 5.74) is 6.76. The van der Waals surface area contributed by atoms with Crippen LogP contribution in [0.25, 0.3) is 0 Å². The van der Waals surface area contributed by atoms with Crippen molar-refractivity contribution in [1.29, 1.82) is 0 Å². The summed E-state index contributed by atoms with van der Waals surface area (Å²) >= 11 is 12.0. The van der Waals surface area contributed by atoms with E-state index >= 15 is 0 Å². The average molecular weight is 318 g/mol. The van der Waals surface area contributed by atoms with Gasteiger partial charge in [-0.25, -0.2) is 0 Å². The molecular weight excluding hydrogens is 306 g/mol. The maximum atomic E-state index is 6.00. The predicted octanol–water partition coefficient (Wildman–Crippen LogP) is 2.79. The van der Waals surface area contributed by atoms with Crippen LogP contribution in [0.3, 0.4) is 0 Å². The van der Waals surface area contributed by atoms with E-state index in [1.165, 1.54) is 0 Å². The number of rotatable bonds is 1. The van der Waals surface area contributed by atoms with Crippen LogP contribution < -0.4 is 16.4 Å². The fraction of sp³-hybridized carbons (Fsp3) is 0.222. The molecule has 0 radical (unpaired) electrons. The zero-order valence-corrected chi connectivity index (χ0v) is 11.8. The highest BCUT2D eigenvalue weighted by atomic mass is 35.5. The van der Waals surface area contributed by atoms with Crippen LogP contribution in [0.1, 0.15) is 0 Å². The van der Waals surface area contributed by atoms with Crippen LogP contribution in [0.4, 0.5) is 11.4 Å². The molecule has 1 aromatic carbocycles. The van der Waals surface area contributed by atoms with Crippen LogP contribution in [-0.2, 0) is 0 Å². The average Bonchev–Trinajstić information content (AvgIpc) is 2.63. The monoisotopic (exact) mass is 316 g/mol. The molecule has 0 aliphatic carbocycles. The van der Waals surface area contributed by atoms with Crippen molar-refractivity contribution >= 4 is 65.4 Å². The standard InChI is InChI=1S/C9H10Cl2N4.2ClH/c10-6-3-5(12)4-7(11)8(6)15-9-13-1-2-14-9;;/h3-4H,1-2,12H2,(H2,13,14,15);2*1H. The Morgan fingerprint density at radius 2 is 1.82 bits per heavy atom. The maximum absolute atomic E-state index is 6.00. The van der Waals surface area contributed by atoms with Gasteiger partial charge in [-0.3, -0.25) is 4.99 Å². The van der Waals surface area contributed by atoms with Crippen molar-refractivity contribution in [3.63, 3.8) is 0 Å². The quantitative estimate of drug-likeness (QED) is 0.698. The molecule has 2 rings (SSSR count). The van der Waals surface area contributed by atoms with Crippen molar-refractivity contribution in [3.8, 4) is 0 Å². The van der Waals surface area contributed by atoms with Crippen LogP contribution in [0.15, 0.2) is 17.1 Å². The lowest BCUT2D eigenvalue weighted by molar-refractivity contribution is 0.959. The summed E-state index contributed by atoms with van der Waals surface area (Å²) in [6, 6.07) is 3.29. The Hall–Kier alpha value is -0.550. The topological polar surface area (TPSA) is 62.4 Å². The molecule has 0 bridgehead atoms. The van der Waals surface area contributed by atoms with E-state index in [4.69, 9.17) is 28.9 Å². The van der Waals surface area contributed by atoms with Crippen LogP contribution in [0.5, 0.6) is 0 Å². The number of benzene rings is 1. The lowest BCUT2D eigenvalue weighted by Gasteiger charge is -2.11. The first-order valence-corrected chi connectivity index (χ1v) is 5.22. The zero-order chi connectivity index (χ0) is 10.8. The highest BCUT2D eigenvalue weighted by molar-refractivity contribution is 6.40. The summed E-state index contributed by atoms with van der Waals surface area (Å²) in [7, 11) is 0. The van der Waals surface area contributed by atoms with Crippen LogP contribution in [-0.4, -0.2) is 19.0 Å². The number of nitrogen functional groups attached to an aromatic ring is 1. The first-order valence-electron chi connectivity index (χ1n) is 4.46. The van der Waals surface area contributed by atoms with Crippen LogP contribution in [0, 0.1) is 0 Å². The van der Waals surface area contributed by atoms with E-state index in [1.54, 1.807) is 12.1 Å². The molecule has 1 aromatic rings. The molecule has 96 valence electrons. The number of halogens is 4. The van der Waals surface area contributed by atoms with Crippen molar-refractivity contribution in [2.75, 3.05) is 24.1 Å². The summed E-state index contributed by atoms with van der Waals surface area (Å²) < 4.78 is 0. The minimum atomic E-state index is 0. The molecule has 1 heterocycles. The Kier molecular flexibility index (Phi) is 6.78. The number of aliphatic imine (C=N–C) groups is 1. The molecule has 17 heavy (non-hydrogen) atoms. The van der Waals surface area contributed by atoms with Crippen molar-refractivity contribution in [1.82, 2.24) is 5.32 Å². The van der Waals surface area contributed by atoms with E-state index in [1.807, 2.05) is 0 Å². The van der Waals surface area contributed by atoms with Gasteiger partial charge in [0.05, 0.1) is 22.3 Å². The Morgan fingerprint density at radius 3 is 2.29 bits per heavy atom. The van der Waals surface area contributed by atoms with Crippen LogP contribution in [0.2, 0.25) is 10.0 Å². The van der Waals surface area contributed by atoms with Gasteiger partial charge in [0.1, 0.15) is 0 Å². The smallest absolute Gasteiger partial charge is 0.196 e. The van der Waals surface area contributed by atoms with E-state index in [0.717, 1.165) is 13.1 Å². The summed E-state index contributed by atoms with van der Waals surface area (Å²) in [5, 5.41) is 7.05. The second-order valence-electron chi connectivity index (χ2n) is 3.14. The summed E-state index contributed by atoms with van der Waals surface area (Å²) in [4.78, 5) is 4.18. The Balaban J connectivity index is 0.00000128. The molecule has 1 aliphatic rings. The molecule has 0 atom stereocenters. The number of anilines is 2. The normalized spacial score (nSPS) is 12.9. The largest absolute Gasteiger partial charge is 0.399 e. The van der Waals surface area contributed by atoms with Gasteiger partial charge in [0, 0.05) is 12.2 Å². The lowest BCUT2D eigenvalue weighted by Crippen LogP contribution is -2.26.